The Hall–Kier alpha value is -3.28. The summed E-state index contributed by atoms with van der Waals surface area (Å²) in [5.74, 6) is -3.29. The predicted molar refractivity (Wildman–Crippen MR) is 118 cm³/mol. The van der Waals surface area contributed by atoms with E-state index in [1.165, 1.54) is 11.6 Å². The third kappa shape index (κ3) is 3.64. The molecule has 1 aliphatic heterocycles. The number of benzene rings is 2. The van der Waals surface area contributed by atoms with Crippen LogP contribution in [0.5, 0.6) is 0 Å². The first-order valence-electron chi connectivity index (χ1n) is 10.5. The minimum Gasteiger partial charge on any atom is -0.478 e. The maximum atomic E-state index is 13.6. The lowest BCUT2D eigenvalue weighted by atomic mass is 9.58. The zero-order valence-electron chi connectivity index (χ0n) is 18.3. The van der Waals surface area contributed by atoms with Crippen molar-refractivity contribution in [3.05, 3.63) is 88.5 Å². The number of rotatable bonds is 3. The third-order valence-electron chi connectivity index (χ3n) is 6.71. The van der Waals surface area contributed by atoms with Crippen LogP contribution in [0.25, 0.3) is 5.57 Å². The summed E-state index contributed by atoms with van der Waals surface area (Å²) in [5, 5.41) is 9.16. The number of halogens is 2. The van der Waals surface area contributed by atoms with Crippen LogP contribution in [-0.2, 0) is 0 Å². The van der Waals surface area contributed by atoms with Crippen LogP contribution in [0.4, 0.5) is 8.78 Å². The van der Waals surface area contributed by atoms with Crippen LogP contribution in [0, 0.1) is 22.5 Å². The van der Waals surface area contributed by atoms with E-state index >= 15 is 0 Å². The van der Waals surface area contributed by atoms with E-state index in [0.29, 0.717) is 19.5 Å². The van der Waals surface area contributed by atoms with Gasteiger partial charge in [-0.15, -0.1) is 0 Å². The summed E-state index contributed by atoms with van der Waals surface area (Å²) >= 11 is 0. The SMILES string of the molecule is CC1(C)C(c2ccc(C(=O)O)cc2)=CC[C@]2(C)CN(C(=O)c3ccc(F)c(F)c3)CC=C12. The summed E-state index contributed by atoms with van der Waals surface area (Å²) in [6, 6.07) is 10.1. The number of amides is 1. The number of carbonyl (C=O) groups is 2. The largest absolute Gasteiger partial charge is 0.478 e. The number of nitrogens with zero attached hydrogens (tertiary/aromatic N) is 1. The van der Waals surface area contributed by atoms with Crippen LogP contribution in [0.15, 0.2) is 60.2 Å². The number of fused-ring (bicyclic) bond motifs is 1. The second kappa shape index (κ2) is 7.69. The molecule has 32 heavy (non-hydrogen) atoms. The van der Waals surface area contributed by atoms with E-state index in [2.05, 4.69) is 32.9 Å². The van der Waals surface area contributed by atoms with E-state index in [9.17, 15) is 18.4 Å². The molecule has 1 aliphatic carbocycles. The first-order chi connectivity index (χ1) is 15.0. The molecule has 0 saturated heterocycles. The van der Waals surface area contributed by atoms with Crippen LogP contribution in [0.1, 0.15) is 53.5 Å². The van der Waals surface area contributed by atoms with E-state index < -0.39 is 17.6 Å². The smallest absolute Gasteiger partial charge is 0.335 e. The molecule has 4 rings (SSSR count). The van der Waals surface area contributed by atoms with Crippen molar-refractivity contribution in [1.82, 2.24) is 4.90 Å². The Kier molecular flexibility index (Phi) is 5.27. The Labute approximate surface area is 185 Å². The standard InChI is InChI=1S/C26H25F2NO3/c1-25(2)19(16-4-6-17(7-5-16)24(31)32)10-12-26(3)15-29(13-11-22(25)26)23(30)18-8-9-20(27)21(28)14-18/h4-11,14H,12-13,15H2,1-3H3,(H,31,32)/t26-/m1/s1. The van der Waals surface area contributed by atoms with Gasteiger partial charge in [0.25, 0.3) is 5.91 Å². The molecule has 4 nitrogen and oxygen atoms in total. The Morgan fingerprint density at radius 3 is 2.22 bits per heavy atom. The van der Waals surface area contributed by atoms with Crippen LogP contribution >= 0.6 is 0 Å². The normalized spacial score (nSPS) is 22.0. The summed E-state index contributed by atoms with van der Waals surface area (Å²) in [6.45, 7) is 7.26. The Morgan fingerprint density at radius 2 is 1.59 bits per heavy atom. The first-order valence-corrected chi connectivity index (χ1v) is 10.5. The Morgan fingerprint density at radius 1 is 0.938 bits per heavy atom. The molecule has 1 atom stereocenters. The van der Waals surface area contributed by atoms with E-state index in [1.807, 2.05) is 12.1 Å². The van der Waals surface area contributed by atoms with Gasteiger partial charge in [0, 0.05) is 29.5 Å². The summed E-state index contributed by atoms with van der Waals surface area (Å²) in [5.41, 5.74) is 3.10. The fourth-order valence-corrected chi connectivity index (χ4v) is 5.17. The lowest BCUT2D eigenvalue weighted by Gasteiger charge is -2.50. The van der Waals surface area contributed by atoms with Gasteiger partial charge in [0.1, 0.15) is 0 Å². The average molecular weight is 437 g/mol. The second-order valence-corrected chi connectivity index (χ2v) is 9.32. The molecular formula is C26H25F2NO3. The van der Waals surface area contributed by atoms with Crippen molar-refractivity contribution in [3.8, 4) is 0 Å². The molecule has 166 valence electrons. The zero-order chi connectivity index (χ0) is 23.3. The fourth-order valence-electron chi connectivity index (χ4n) is 5.17. The van der Waals surface area contributed by atoms with Gasteiger partial charge in [0.2, 0.25) is 0 Å². The molecular weight excluding hydrogens is 412 g/mol. The first kappa shape index (κ1) is 21.9. The van der Waals surface area contributed by atoms with Crippen LogP contribution < -0.4 is 0 Å². The van der Waals surface area contributed by atoms with E-state index in [-0.39, 0.29) is 27.9 Å². The highest BCUT2D eigenvalue weighted by Crippen LogP contribution is 2.55. The highest BCUT2D eigenvalue weighted by Gasteiger charge is 2.46. The van der Waals surface area contributed by atoms with Gasteiger partial charge in [-0.3, -0.25) is 4.79 Å². The molecule has 0 aromatic heterocycles. The van der Waals surface area contributed by atoms with Crippen LogP contribution in [-0.4, -0.2) is 35.0 Å². The van der Waals surface area contributed by atoms with Gasteiger partial charge in [-0.25, -0.2) is 13.6 Å². The zero-order valence-corrected chi connectivity index (χ0v) is 18.3. The maximum Gasteiger partial charge on any atom is 0.335 e. The predicted octanol–water partition coefficient (Wildman–Crippen LogP) is 5.57. The highest BCUT2D eigenvalue weighted by atomic mass is 19.2. The number of carboxylic acid groups (broad SMARTS) is 1. The van der Waals surface area contributed by atoms with Crippen molar-refractivity contribution in [2.45, 2.75) is 27.2 Å². The van der Waals surface area contributed by atoms with Gasteiger partial charge < -0.3 is 10.0 Å². The minimum absolute atomic E-state index is 0.133. The third-order valence-corrected chi connectivity index (χ3v) is 6.71. The van der Waals surface area contributed by atoms with Gasteiger partial charge >= 0.3 is 5.97 Å². The molecule has 0 saturated carbocycles. The molecule has 1 N–H and O–H groups in total. The van der Waals surface area contributed by atoms with Crippen molar-refractivity contribution in [3.63, 3.8) is 0 Å². The van der Waals surface area contributed by atoms with E-state index in [4.69, 9.17) is 5.11 Å². The van der Waals surface area contributed by atoms with Crippen LogP contribution in [0.3, 0.4) is 0 Å². The van der Waals surface area contributed by atoms with Gasteiger partial charge in [-0.1, -0.05) is 50.6 Å². The van der Waals surface area contributed by atoms with Gasteiger partial charge in [-0.2, -0.15) is 0 Å². The quantitative estimate of drug-likeness (QED) is 0.639. The van der Waals surface area contributed by atoms with Gasteiger partial charge in [0.05, 0.1) is 5.56 Å². The summed E-state index contributed by atoms with van der Waals surface area (Å²) in [4.78, 5) is 25.8. The molecule has 0 unspecified atom stereocenters. The van der Waals surface area contributed by atoms with Crippen molar-refractivity contribution in [2.24, 2.45) is 10.8 Å². The molecule has 2 aromatic rings. The van der Waals surface area contributed by atoms with Crippen LogP contribution in [0.2, 0.25) is 0 Å². The summed E-state index contributed by atoms with van der Waals surface area (Å²) in [6.07, 6.45) is 4.94. The molecule has 0 fully saturated rings. The molecule has 1 amide bonds. The molecule has 1 heterocycles. The van der Waals surface area contributed by atoms with E-state index in [1.54, 1.807) is 17.0 Å². The maximum absolute atomic E-state index is 13.6. The van der Waals surface area contributed by atoms with Crippen molar-refractivity contribution < 1.29 is 23.5 Å². The number of aromatic carboxylic acids is 1. The number of hydrogen-bond donors (Lipinski definition) is 1. The number of hydrogen-bond acceptors (Lipinski definition) is 2. The molecule has 6 heteroatoms. The molecule has 2 aliphatic rings. The molecule has 2 aromatic carbocycles. The monoisotopic (exact) mass is 437 g/mol. The minimum atomic E-state index is -1.03. The van der Waals surface area contributed by atoms with Gasteiger partial charge in [0.15, 0.2) is 11.6 Å². The summed E-state index contributed by atoms with van der Waals surface area (Å²) in [7, 11) is 0. The van der Waals surface area contributed by atoms with Crippen molar-refractivity contribution >= 4 is 17.4 Å². The van der Waals surface area contributed by atoms with E-state index in [0.717, 1.165) is 23.3 Å². The van der Waals surface area contributed by atoms with Crippen molar-refractivity contribution in [2.75, 3.05) is 13.1 Å². The Balaban J connectivity index is 1.62. The second-order valence-electron chi connectivity index (χ2n) is 9.32. The fraction of sp³-hybridized carbons (Fsp3) is 0.308. The van der Waals surface area contributed by atoms with Crippen molar-refractivity contribution in [1.29, 1.82) is 0 Å². The number of carboxylic acids is 1. The molecule has 0 spiro atoms. The molecule has 0 bridgehead atoms. The topological polar surface area (TPSA) is 57.6 Å². The highest BCUT2D eigenvalue weighted by molar-refractivity contribution is 5.94. The average Bonchev–Trinajstić information content (AvgIpc) is 2.74. The summed E-state index contributed by atoms with van der Waals surface area (Å²) < 4.78 is 26.9. The number of carbonyl (C=O) groups excluding carboxylic acids is 1. The lowest BCUT2D eigenvalue weighted by molar-refractivity contribution is 0.0678. The lowest BCUT2D eigenvalue weighted by Crippen LogP contribution is -2.48. The molecule has 0 radical (unpaired) electrons. The van der Waals surface area contributed by atoms with Gasteiger partial charge in [-0.05, 0) is 47.9 Å². The Bertz CT molecular complexity index is 1160. The number of allylic oxidation sites excluding steroid dienone is 2.